The van der Waals surface area contributed by atoms with Crippen LogP contribution >= 0.6 is 0 Å². The van der Waals surface area contributed by atoms with E-state index in [1.165, 1.54) is 0 Å². The molecule has 0 aliphatic rings. The molecule has 0 aliphatic heterocycles. The molecular formula is C13H4F9N3O2. The molecule has 0 unspecified atom stereocenters. The van der Waals surface area contributed by atoms with E-state index in [9.17, 15) is 49.6 Å². The number of benzene rings is 1. The van der Waals surface area contributed by atoms with Crippen LogP contribution in [0.3, 0.4) is 0 Å². The molecule has 0 saturated heterocycles. The van der Waals surface area contributed by atoms with Crippen molar-refractivity contribution in [2.45, 2.75) is 18.3 Å². The lowest BCUT2D eigenvalue weighted by Crippen LogP contribution is -2.37. The highest BCUT2D eigenvalue weighted by Gasteiger charge is 2.63. The van der Waals surface area contributed by atoms with Gasteiger partial charge in [-0.25, -0.2) is 4.98 Å². The fourth-order valence-electron chi connectivity index (χ4n) is 1.91. The van der Waals surface area contributed by atoms with Gasteiger partial charge in [-0.2, -0.15) is 44.5 Å². The maximum Gasteiger partial charge on any atom is 0.459 e. The van der Waals surface area contributed by atoms with Crippen LogP contribution in [0.25, 0.3) is 11.4 Å². The van der Waals surface area contributed by atoms with E-state index in [0.717, 1.165) is 24.3 Å². The van der Waals surface area contributed by atoms with Crippen molar-refractivity contribution in [3.05, 3.63) is 51.6 Å². The number of alkyl halides is 8. The van der Waals surface area contributed by atoms with E-state index in [1.54, 1.807) is 0 Å². The highest BCUT2D eigenvalue weighted by atomic mass is 19.4. The van der Waals surface area contributed by atoms with E-state index in [-0.39, 0.29) is 0 Å². The topological polar surface area (TPSA) is 68.9 Å². The second-order valence-corrected chi connectivity index (χ2v) is 4.94. The van der Waals surface area contributed by atoms with E-state index < -0.39 is 57.5 Å². The summed E-state index contributed by atoms with van der Waals surface area (Å²) in [6, 6.07) is 2.98. The van der Waals surface area contributed by atoms with Gasteiger partial charge < -0.3 is 0 Å². The Bertz CT molecular complexity index is 876. The van der Waals surface area contributed by atoms with Gasteiger partial charge in [0.25, 0.3) is 5.69 Å². The van der Waals surface area contributed by atoms with E-state index in [4.69, 9.17) is 0 Å². The molecule has 0 atom stereocenters. The van der Waals surface area contributed by atoms with Crippen LogP contribution in [-0.4, -0.2) is 21.1 Å². The number of nitro groups is 1. The Balaban J connectivity index is 2.75. The van der Waals surface area contributed by atoms with Crippen molar-refractivity contribution < 1.29 is 44.4 Å². The van der Waals surface area contributed by atoms with E-state index in [1.807, 2.05) is 0 Å². The molecule has 27 heavy (non-hydrogen) atoms. The molecule has 1 heterocycles. The molecule has 0 saturated carbocycles. The van der Waals surface area contributed by atoms with Crippen molar-refractivity contribution in [1.82, 2.24) is 9.97 Å². The summed E-state index contributed by atoms with van der Waals surface area (Å²) in [6.07, 6.45) is -12.4. The minimum absolute atomic E-state index is 0.521. The van der Waals surface area contributed by atoms with Gasteiger partial charge in [0.15, 0.2) is 5.82 Å². The van der Waals surface area contributed by atoms with E-state index in [0.29, 0.717) is 0 Å². The van der Waals surface area contributed by atoms with E-state index in [2.05, 4.69) is 9.97 Å². The Morgan fingerprint density at radius 3 is 1.81 bits per heavy atom. The number of nitrogens with zero attached hydrogens (tertiary/aromatic N) is 3. The monoisotopic (exact) mass is 405 g/mol. The Hall–Kier alpha value is -2.93. The van der Waals surface area contributed by atoms with Crippen LogP contribution in [0.15, 0.2) is 24.3 Å². The van der Waals surface area contributed by atoms with Crippen LogP contribution in [0, 0.1) is 16.1 Å². The van der Waals surface area contributed by atoms with Crippen molar-refractivity contribution in [1.29, 1.82) is 0 Å². The molecule has 146 valence electrons. The van der Waals surface area contributed by atoms with Crippen LogP contribution in [0.1, 0.15) is 11.3 Å². The number of hydrogen-bond donors (Lipinski definition) is 0. The lowest BCUT2D eigenvalue weighted by molar-refractivity contribution is -0.384. The zero-order valence-electron chi connectivity index (χ0n) is 12.4. The first-order valence-corrected chi connectivity index (χ1v) is 6.51. The number of halogens is 9. The third-order valence-corrected chi connectivity index (χ3v) is 3.14. The first-order chi connectivity index (χ1) is 12.2. The molecule has 0 fully saturated rings. The maximum absolute atomic E-state index is 13.7. The third kappa shape index (κ3) is 3.78. The molecule has 1 aromatic carbocycles. The Morgan fingerprint density at radius 1 is 0.889 bits per heavy atom. The van der Waals surface area contributed by atoms with Gasteiger partial charge in [-0.05, 0) is 12.1 Å². The summed E-state index contributed by atoms with van der Waals surface area (Å²) in [7, 11) is 0. The second-order valence-electron chi connectivity index (χ2n) is 4.94. The van der Waals surface area contributed by atoms with Crippen molar-refractivity contribution >= 4 is 5.69 Å². The summed E-state index contributed by atoms with van der Waals surface area (Å²) < 4.78 is 117. The molecule has 14 heteroatoms. The SMILES string of the molecule is O=[N+]([O-])c1ccc(-c2nc(F)c(C(F)(F)F)c(C(F)(F)C(F)(F)F)n2)cc1. The van der Waals surface area contributed by atoms with Crippen molar-refractivity contribution in [2.24, 2.45) is 0 Å². The van der Waals surface area contributed by atoms with Gasteiger partial charge in [-0.15, -0.1) is 0 Å². The molecule has 0 aliphatic carbocycles. The molecule has 0 radical (unpaired) electrons. The molecule has 0 N–H and O–H groups in total. The van der Waals surface area contributed by atoms with Gasteiger partial charge >= 0.3 is 18.3 Å². The van der Waals surface area contributed by atoms with Gasteiger partial charge in [0.1, 0.15) is 11.3 Å². The smallest absolute Gasteiger partial charge is 0.258 e. The van der Waals surface area contributed by atoms with Crippen LogP contribution in [-0.2, 0) is 12.1 Å². The molecular weight excluding hydrogens is 401 g/mol. The number of hydrogen-bond acceptors (Lipinski definition) is 4. The Kier molecular flexibility index (Phi) is 4.79. The maximum atomic E-state index is 13.7. The Morgan fingerprint density at radius 2 is 1.41 bits per heavy atom. The molecule has 0 bridgehead atoms. The number of aromatic nitrogens is 2. The average Bonchev–Trinajstić information content (AvgIpc) is 2.51. The number of rotatable bonds is 3. The Labute approximate surface area is 142 Å². The summed E-state index contributed by atoms with van der Waals surface area (Å²) in [5.74, 6) is -10.0. The van der Waals surface area contributed by atoms with Crippen molar-refractivity contribution in [3.8, 4) is 11.4 Å². The van der Waals surface area contributed by atoms with Crippen LogP contribution < -0.4 is 0 Å². The largest absolute Gasteiger partial charge is 0.459 e. The highest BCUT2D eigenvalue weighted by molar-refractivity contribution is 5.58. The van der Waals surface area contributed by atoms with Crippen molar-refractivity contribution in [3.63, 3.8) is 0 Å². The first-order valence-electron chi connectivity index (χ1n) is 6.51. The third-order valence-electron chi connectivity index (χ3n) is 3.14. The van der Waals surface area contributed by atoms with E-state index >= 15 is 0 Å². The average molecular weight is 405 g/mol. The minimum Gasteiger partial charge on any atom is -0.258 e. The first kappa shape index (κ1) is 20.4. The molecule has 0 spiro atoms. The number of nitro benzene ring substituents is 1. The lowest BCUT2D eigenvalue weighted by atomic mass is 10.1. The predicted molar refractivity (Wildman–Crippen MR) is 69.0 cm³/mol. The quantitative estimate of drug-likeness (QED) is 0.317. The lowest BCUT2D eigenvalue weighted by Gasteiger charge is -2.23. The summed E-state index contributed by atoms with van der Waals surface area (Å²) in [5.41, 5.74) is -6.93. The van der Waals surface area contributed by atoms with Crippen molar-refractivity contribution in [2.75, 3.05) is 0 Å². The fraction of sp³-hybridized carbons (Fsp3) is 0.231. The number of non-ortho nitro benzene ring substituents is 1. The summed E-state index contributed by atoms with van der Waals surface area (Å²) in [6.45, 7) is 0. The molecule has 5 nitrogen and oxygen atoms in total. The standard InChI is InChI=1S/C13H4F9N3O2/c14-9-7(12(17,18)19)8(11(15,16)13(20,21)22)23-10(24-9)5-1-3-6(4-2-5)25(26)27/h1-4H. The van der Waals surface area contributed by atoms with Gasteiger partial charge in [0.05, 0.1) is 4.92 Å². The summed E-state index contributed by atoms with van der Waals surface area (Å²) >= 11 is 0. The van der Waals surface area contributed by atoms with Gasteiger partial charge in [0.2, 0.25) is 5.95 Å². The molecule has 0 amide bonds. The summed E-state index contributed by atoms with van der Waals surface area (Å²) in [4.78, 5) is 14.9. The molecule has 2 rings (SSSR count). The van der Waals surface area contributed by atoms with Gasteiger partial charge in [-0.3, -0.25) is 10.1 Å². The molecule has 1 aromatic heterocycles. The zero-order valence-corrected chi connectivity index (χ0v) is 12.4. The highest BCUT2D eigenvalue weighted by Crippen LogP contribution is 2.48. The zero-order chi connectivity index (χ0) is 20.8. The minimum atomic E-state index is -6.50. The van der Waals surface area contributed by atoms with Crippen LogP contribution in [0.5, 0.6) is 0 Å². The van der Waals surface area contributed by atoms with Crippen LogP contribution in [0.4, 0.5) is 45.2 Å². The van der Waals surface area contributed by atoms with Crippen LogP contribution in [0.2, 0.25) is 0 Å². The van der Waals surface area contributed by atoms with Gasteiger partial charge in [-0.1, -0.05) is 0 Å². The summed E-state index contributed by atoms with van der Waals surface area (Å²) in [5, 5.41) is 10.5. The normalized spacial score (nSPS) is 12.9. The fourth-order valence-corrected chi connectivity index (χ4v) is 1.91. The second kappa shape index (κ2) is 6.35. The van der Waals surface area contributed by atoms with Gasteiger partial charge in [0, 0.05) is 17.7 Å². The predicted octanol–water partition coefficient (Wildman–Crippen LogP) is 4.86. The molecule has 2 aromatic rings.